The average Bonchev–Trinajstić information content (AvgIpc) is 2.86. The van der Waals surface area contributed by atoms with Gasteiger partial charge in [-0.05, 0) is 43.1 Å². The molecule has 2 aromatic rings. The van der Waals surface area contributed by atoms with Crippen molar-refractivity contribution >= 4 is 5.91 Å². The van der Waals surface area contributed by atoms with Crippen molar-refractivity contribution < 1.29 is 4.79 Å². The van der Waals surface area contributed by atoms with Gasteiger partial charge in [-0.2, -0.15) is 5.10 Å². The van der Waals surface area contributed by atoms with Crippen LogP contribution >= 0.6 is 0 Å². The van der Waals surface area contributed by atoms with Gasteiger partial charge in [0, 0.05) is 26.3 Å². The number of nitrogens with zero attached hydrogens (tertiary/aromatic N) is 3. The van der Waals surface area contributed by atoms with E-state index in [1.54, 1.807) is 24.0 Å². The fraction of sp³-hybridized carbons (Fsp3) is 0.474. The summed E-state index contributed by atoms with van der Waals surface area (Å²) in [5, 5.41) is 7.06. The van der Waals surface area contributed by atoms with Crippen LogP contribution in [0.15, 0.2) is 36.5 Å². The molecular weight excluding hydrogens is 300 g/mol. The molecule has 0 atom stereocenters. The number of rotatable bonds is 5. The first kappa shape index (κ1) is 16.7. The second-order valence-corrected chi connectivity index (χ2v) is 6.48. The third-order valence-corrected chi connectivity index (χ3v) is 4.70. The molecule has 0 radical (unpaired) electrons. The Labute approximate surface area is 143 Å². The Balaban J connectivity index is 1.63. The summed E-state index contributed by atoms with van der Waals surface area (Å²) in [6.45, 7) is 3.87. The van der Waals surface area contributed by atoms with Gasteiger partial charge in [-0.15, -0.1) is 0 Å². The lowest BCUT2D eigenvalue weighted by molar-refractivity contribution is 0.0941. The van der Waals surface area contributed by atoms with E-state index in [2.05, 4.69) is 33.5 Å². The maximum absolute atomic E-state index is 12.3. The van der Waals surface area contributed by atoms with Gasteiger partial charge in [0.25, 0.3) is 5.91 Å². The van der Waals surface area contributed by atoms with Crippen molar-refractivity contribution in [3.05, 3.63) is 53.3 Å². The molecule has 2 heterocycles. The van der Waals surface area contributed by atoms with Crippen molar-refractivity contribution in [1.29, 1.82) is 0 Å². The normalized spacial score (nSPS) is 15.9. The van der Waals surface area contributed by atoms with Crippen molar-refractivity contribution in [1.82, 2.24) is 20.0 Å². The number of hydrogen-bond donors (Lipinski definition) is 1. The van der Waals surface area contributed by atoms with Gasteiger partial charge in [-0.25, -0.2) is 0 Å². The SMILES string of the molecule is Cn1nccc1C(=O)NCc1ccccc1CN1CCCCCC1. The number of amides is 1. The Kier molecular flexibility index (Phi) is 5.64. The highest BCUT2D eigenvalue weighted by Gasteiger charge is 2.13. The van der Waals surface area contributed by atoms with Gasteiger partial charge in [0.1, 0.15) is 5.69 Å². The van der Waals surface area contributed by atoms with Crippen LogP contribution < -0.4 is 5.32 Å². The van der Waals surface area contributed by atoms with E-state index in [1.165, 1.54) is 49.9 Å². The summed E-state index contributed by atoms with van der Waals surface area (Å²) in [7, 11) is 1.78. The molecule has 5 nitrogen and oxygen atoms in total. The van der Waals surface area contributed by atoms with Gasteiger partial charge in [-0.3, -0.25) is 14.4 Å². The predicted octanol–water partition coefficient (Wildman–Crippen LogP) is 2.73. The van der Waals surface area contributed by atoms with Crippen LogP contribution in [0.2, 0.25) is 0 Å². The minimum absolute atomic E-state index is 0.0837. The molecule has 1 N–H and O–H groups in total. The molecule has 0 spiro atoms. The Morgan fingerprint density at radius 2 is 1.79 bits per heavy atom. The molecule has 1 aliphatic heterocycles. The van der Waals surface area contributed by atoms with Crippen molar-refractivity contribution in [2.24, 2.45) is 7.05 Å². The number of aromatic nitrogens is 2. The first-order valence-electron chi connectivity index (χ1n) is 8.79. The Morgan fingerprint density at radius 1 is 1.08 bits per heavy atom. The van der Waals surface area contributed by atoms with Gasteiger partial charge >= 0.3 is 0 Å². The van der Waals surface area contributed by atoms with Crippen molar-refractivity contribution in [2.75, 3.05) is 13.1 Å². The van der Waals surface area contributed by atoms with E-state index in [0.29, 0.717) is 12.2 Å². The first-order chi connectivity index (χ1) is 11.7. The zero-order valence-electron chi connectivity index (χ0n) is 14.4. The minimum Gasteiger partial charge on any atom is -0.347 e. The molecule has 1 aromatic carbocycles. The second kappa shape index (κ2) is 8.11. The van der Waals surface area contributed by atoms with Crippen LogP contribution in [0.5, 0.6) is 0 Å². The number of hydrogen-bond acceptors (Lipinski definition) is 3. The summed E-state index contributed by atoms with van der Waals surface area (Å²) in [6, 6.07) is 10.1. The Hall–Kier alpha value is -2.14. The van der Waals surface area contributed by atoms with E-state index in [9.17, 15) is 4.79 Å². The number of benzene rings is 1. The van der Waals surface area contributed by atoms with Crippen LogP contribution in [0.3, 0.4) is 0 Å². The first-order valence-corrected chi connectivity index (χ1v) is 8.79. The molecule has 0 unspecified atom stereocenters. The number of carbonyl (C=O) groups is 1. The zero-order chi connectivity index (χ0) is 16.8. The van der Waals surface area contributed by atoms with Crippen LogP contribution in [0, 0.1) is 0 Å². The lowest BCUT2D eigenvalue weighted by Crippen LogP contribution is -2.27. The third kappa shape index (κ3) is 4.23. The fourth-order valence-electron chi connectivity index (χ4n) is 3.28. The predicted molar refractivity (Wildman–Crippen MR) is 94.6 cm³/mol. The number of carbonyl (C=O) groups excluding carboxylic acids is 1. The van der Waals surface area contributed by atoms with Gasteiger partial charge in [-0.1, -0.05) is 37.1 Å². The lowest BCUT2D eigenvalue weighted by atomic mass is 10.1. The van der Waals surface area contributed by atoms with Gasteiger partial charge in [0.15, 0.2) is 0 Å². The highest BCUT2D eigenvalue weighted by atomic mass is 16.2. The van der Waals surface area contributed by atoms with Crippen LogP contribution in [-0.2, 0) is 20.1 Å². The summed E-state index contributed by atoms with van der Waals surface area (Å²) in [5.41, 5.74) is 3.09. The highest BCUT2D eigenvalue weighted by molar-refractivity contribution is 5.92. The molecule has 1 fully saturated rings. The maximum Gasteiger partial charge on any atom is 0.269 e. The molecule has 3 rings (SSSR count). The second-order valence-electron chi connectivity index (χ2n) is 6.48. The maximum atomic E-state index is 12.3. The average molecular weight is 326 g/mol. The third-order valence-electron chi connectivity index (χ3n) is 4.70. The minimum atomic E-state index is -0.0837. The molecule has 128 valence electrons. The molecule has 0 saturated carbocycles. The molecule has 1 saturated heterocycles. The molecule has 24 heavy (non-hydrogen) atoms. The smallest absolute Gasteiger partial charge is 0.269 e. The van der Waals surface area contributed by atoms with E-state index in [0.717, 1.165) is 6.54 Å². The van der Waals surface area contributed by atoms with E-state index in [-0.39, 0.29) is 5.91 Å². The monoisotopic (exact) mass is 326 g/mol. The zero-order valence-corrected chi connectivity index (χ0v) is 14.4. The summed E-state index contributed by atoms with van der Waals surface area (Å²) < 4.78 is 1.60. The largest absolute Gasteiger partial charge is 0.347 e. The summed E-state index contributed by atoms with van der Waals surface area (Å²) in [6.07, 6.45) is 6.92. The van der Waals surface area contributed by atoms with Crippen LogP contribution in [0.25, 0.3) is 0 Å². The van der Waals surface area contributed by atoms with Crippen molar-refractivity contribution in [3.63, 3.8) is 0 Å². The quantitative estimate of drug-likeness (QED) is 0.919. The number of aryl methyl sites for hydroxylation is 1. The highest BCUT2D eigenvalue weighted by Crippen LogP contribution is 2.16. The molecule has 0 bridgehead atoms. The van der Waals surface area contributed by atoms with Gasteiger partial charge in [0.2, 0.25) is 0 Å². The van der Waals surface area contributed by atoms with Crippen molar-refractivity contribution in [2.45, 2.75) is 38.8 Å². The van der Waals surface area contributed by atoms with E-state index in [4.69, 9.17) is 0 Å². The number of likely N-dealkylation sites (tertiary alicyclic amines) is 1. The van der Waals surface area contributed by atoms with Crippen LogP contribution in [0.1, 0.15) is 47.3 Å². The topological polar surface area (TPSA) is 50.2 Å². The molecule has 1 amide bonds. The molecule has 0 aliphatic carbocycles. The van der Waals surface area contributed by atoms with Gasteiger partial charge < -0.3 is 5.32 Å². The van der Waals surface area contributed by atoms with Crippen molar-refractivity contribution in [3.8, 4) is 0 Å². The molecule has 1 aromatic heterocycles. The molecule has 5 heteroatoms. The summed E-state index contributed by atoms with van der Waals surface area (Å²) in [4.78, 5) is 14.8. The lowest BCUT2D eigenvalue weighted by Gasteiger charge is -2.21. The Morgan fingerprint density at radius 3 is 2.46 bits per heavy atom. The molecule has 1 aliphatic rings. The summed E-state index contributed by atoms with van der Waals surface area (Å²) >= 11 is 0. The van der Waals surface area contributed by atoms with Crippen LogP contribution in [-0.4, -0.2) is 33.7 Å². The summed E-state index contributed by atoms with van der Waals surface area (Å²) in [5.74, 6) is -0.0837. The number of nitrogens with one attached hydrogen (secondary N) is 1. The molecular formula is C19H26N4O. The van der Waals surface area contributed by atoms with E-state index >= 15 is 0 Å². The van der Waals surface area contributed by atoms with E-state index < -0.39 is 0 Å². The van der Waals surface area contributed by atoms with E-state index in [1.807, 2.05) is 6.07 Å². The van der Waals surface area contributed by atoms with Crippen LogP contribution in [0.4, 0.5) is 0 Å². The van der Waals surface area contributed by atoms with Gasteiger partial charge in [0.05, 0.1) is 0 Å². The Bertz CT molecular complexity index is 672. The fourth-order valence-corrected chi connectivity index (χ4v) is 3.28. The standard InChI is InChI=1S/C19H26N4O/c1-22-18(10-11-21-22)19(24)20-14-16-8-4-5-9-17(16)15-23-12-6-2-3-7-13-23/h4-5,8-11H,2-3,6-7,12-15H2,1H3,(H,20,24).